The molecule has 0 aliphatic heterocycles. The number of halogens is 2. The molecule has 1 saturated carbocycles. The van der Waals surface area contributed by atoms with Gasteiger partial charge in [-0.15, -0.1) is 0 Å². The lowest BCUT2D eigenvalue weighted by Crippen LogP contribution is -2.28. The lowest BCUT2D eigenvalue weighted by atomic mass is 10.0. The molecule has 2 rings (SSSR count). The van der Waals surface area contributed by atoms with Gasteiger partial charge in [-0.3, -0.25) is 4.79 Å². The maximum atomic E-state index is 13.5. The third-order valence-corrected chi connectivity index (χ3v) is 3.32. The highest BCUT2D eigenvalue weighted by Gasteiger charge is 2.36. The normalized spacial score (nSPS) is 16.6. The number of carbonyl (C=O) groups is 1. The first-order valence-corrected chi connectivity index (χ1v) is 6.58. The molecule has 18 heavy (non-hydrogen) atoms. The van der Waals surface area contributed by atoms with Gasteiger partial charge >= 0.3 is 0 Å². The number of rotatable bonds is 6. The average molecular weight is 271 g/mol. The van der Waals surface area contributed by atoms with Crippen molar-refractivity contribution < 1.29 is 13.9 Å². The Bertz CT molecular complexity index is 443. The molecule has 1 aromatic rings. The average Bonchev–Trinajstić information content (AvgIpc) is 3.14. The van der Waals surface area contributed by atoms with Gasteiger partial charge in [-0.2, -0.15) is 0 Å². The molecule has 1 unspecified atom stereocenters. The van der Waals surface area contributed by atoms with Crippen LogP contribution in [0.3, 0.4) is 0 Å². The van der Waals surface area contributed by atoms with Gasteiger partial charge in [0.05, 0.1) is 0 Å². The summed E-state index contributed by atoms with van der Waals surface area (Å²) in [4.78, 5) is 12.1. The van der Waals surface area contributed by atoms with Crippen molar-refractivity contribution in [2.75, 3.05) is 6.61 Å². The Kier molecular flexibility index (Phi) is 4.36. The second kappa shape index (κ2) is 5.81. The van der Waals surface area contributed by atoms with Crippen LogP contribution in [0.5, 0.6) is 0 Å². The molecule has 1 aliphatic carbocycles. The van der Waals surface area contributed by atoms with E-state index in [0.29, 0.717) is 23.1 Å². The van der Waals surface area contributed by atoms with E-state index in [-0.39, 0.29) is 18.3 Å². The predicted molar refractivity (Wildman–Crippen MR) is 68.3 cm³/mol. The van der Waals surface area contributed by atoms with Gasteiger partial charge in [0, 0.05) is 18.1 Å². The van der Waals surface area contributed by atoms with E-state index in [1.54, 1.807) is 0 Å². The van der Waals surface area contributed by atoms with Crippen molar-refractivity contribution >= 4 is 17.4 Å². The van der Waals surface area contributed by atoms with E-state index in [2.05, 4.69) is 0 Å². The van der Waals surface area contributed by atoms with E-state index in [1.807, 2.05) is 6.92 Å². The smallest absolute Gasteiger partial charge is 0.166 e. The highest BCUT2D eigenvalue weighted by Crippen LogP contribution is 2.35. The predicted octanol–water partition coefficient (Wildman–Crippen LogP) is 3.41. The summed E-state index contributed by atoms with van der Waals surface area (Å²) in [6.45, 7) is 2.37. The lowest BCUT2D eigenvalue weighted by Gasteiger charge is -2.15. The summed E-state index contributed by atoms with van der Waals surface area (Å²) in [5, 5.41) is 0.443. The van der Waals surface area contributed by atoms with Crippen LogP contribution in [0.15, 0.2) is 18.2 Å². The first-order valence-electron chi connectivity index (χ1n) is 6.20. The van der Waals surface area contributed by atoms with Crippen molar-refractivity contribution in [3.05, 3.63) is 34.6 Å². The van der Waals surface area contributed by atoms with Gasteiger partial charge in [-0.25, -0.2) is 4.39 Å². The summed E-state index contributed by atoms with van der Waals surface area (Å²) < 4.78 is 19.0. The van der Waals surface area contributed by atoms with Crippen LogP contribution in [-0.2, 0) is 16.0 Å². The number of Topliss-reactive ketones (excluding diaryl/α,β-unsaturated/α-hetero) is 1. The van der Waals surface area contributed by atoms with Crippen LogP contribution >= 0.6 is 11.6 Å². The first kappa shape index (κ1) is 13.5. The van der Waals surface area contributed by atoms with Gasteiger partial charge in [0.15, 0.2) is 5.78 Å². The summed E-state index contributed by atoms with van der Waals surface area (Å²) in [6.07, 6.45) is 1.71. The van der Waals surface area contributed by atoms with Gasteiger partial charge in [0.2, 0.25) is 0 Å². The molecule has 0 heterocycles. The number of hydrogen-bond acceptors (Lipinski definition) is 2. The lowest BCUT2D eigenvalue weighted by molar-refractivity contribution is -0.131. The molecule has 2 nitrogen and oxygen atoms in total. The maximum absolute atomic E-state index is 13.5. The fraction of sp³-hybridized carbons (Fsp3) is 0.500. The number of hydrogen-bond donors (Lipinski definition) is 0. The molecule has 0 spiro atoms. The summed E-state index contributed by atoms with van der Waals surface area (Å²) in [5.74, 6) is -0.126. The van der Waals surface area contributed by atoms with E-state index in [1.165, 1.54) is 18.2 Å². The van der Waals surface area contributed by atoms with Gasteiger partial charge < -0.3 is 4.74 Å². The molecule has 98 valence electrons. The van der Waals surface area contributed by atoms with Crippen LogP contribution < -0.4 is 0 Å². The Morgan fingerprint density at radius 1 is 1.56 bits per heavy atom. The van der Waals surface area contributed by atoms with Crippen molar-refractivity contribution in [2.24, 2.45) is 5.92 Å². The highest BCUT2D eigenvalue weighted by molar-refractivity contribution is 6.30. The second-order valence-corrected chi connectivity index (χ2v) is 5.03. The van der Waals surface area contributed by atoms with Crippen molar-refractivity contribution in [3.63, 3.8) is 0 Å². The quantitative estimate of drug-likeness (QED) is 0.792. The van der Waals surface area contributed by atoms with E-state index in [0.717, 1.165) is 12.8 Å². The monoisotopic (exact) mass is 270 g/mol. The number of carbonyl (C=O) groups excluding carboxylic acids is 1. The Balaban J connectivity index is 2.07. The Morgan fingerprint density at radius 2 is 2.28 bits per heavy atom. The van der Waals surface area contributed by atoms with E-state index >= 15 is 0 Å². The minimum atomic E-state index is -0.390. The minimum absolute atomic E-state index is 0.0492. The Labute approximate surface area is 111 Å². The molecule has 0 radical (unpaired) electrons. The molecule has 1 aromatic carbocycles. The summed E-state index contributed by atoms with van der Waals surface area (Å²) >= 11 is 5.81. The van der Waals surface area contributed by atoms with Gasteiger partial charge in [-0.1, -0.05) is 11.6 Å². The number of ether oxygens (including phenoxy) is 1. The molecule has 0 bridgehead atoms. The van der Waals surface area contributed by atoms with Crippen LogP contribution in [0, 0.1) is 11.7 Å². The van der Waals surface area contributed by atoms with Crippen LogP contribution in [0.1, 0.15) is 25.3 Å². The molecule has 0 amide bonds. The molecular formula is C14H16ClFO2. The largest absolute Gasteiger partial charge is 0.370 e. The Hall–Kier alpha value is -0.930. The molecular weight excluding hydrogens is 255 g/mol. The third kappa shape index (κ3) is 3.30. The minimum Gasteiger partial charge on any atom is -0.370 e. The van der Waals surface area contributed by atoms with E-state index < -0.39 is 5.82 Å². The van der Waals surface area contributed by atoms with Crippen molar-refractivity contribution in [1.29, 1.82) is 0 Å². The topological polar surface area (TPSA) is 26.3 Å². The summed E-state index contributed by atoms with van der Waals surface area (Å²) in [6, 6.07) is 4.27. The zero-order valence-electron chi connectivity index (χ0n) is 10.3. The number of benzene rings is 1. The van der Waals surface area contributed by atoms with E-state index in [9.17, 15) is 9.18 Å². The molecule has 4 heteroatoms. The van der Waals surface area contributed by atoms with Crippen LogP contribution in [0.25, 0.3) is 0 Å². The first-order chi connectivity index (χ1) is 8.61. The summed E-state index contributed by atoms with van der Waals surface area (Å²) in [7, 11) is 0. The fourth-order valence-corrected chi connectivity index (χ4v) is 2.23. The van der Waals surface area contributed by atoms with Crippen LogP contribution in [-0.4, -0.2) is 18.5 Å². The molecule has 0 saturated heterocycles. The van der Waals surface area contributed by atoms with Gasteiger partial charge in [-0.05, 0) is 49.4 Å². The maximum Gasteiger partial charge on any atom is 0.166 e. The third-order valence-electron chi connectivity index (χ3n) is 3.09. The van der Waals surface area contributed by atoms with E-state index in [4.69, 9.17) is 16.3 Å². The fourth-order valence-electron chi connectivity index (χ4n) is 2.04. The molecule has 1 fully saturated rings. The second-order valence-electron chi connectivity index (χ2n) is 4.59. The zero-order chi connectivity index (χ0) is 13.1. The van der Waals surface area contributed by atoms with Crippen LogP contribution in [0.2, 0.25) is 5.02 Å². The van der Waals surface area contributed by atoms with Crippen LogP contribution in [0.4, 0.5) is 4.39 Å². The van der Waals surface area contributed by atoms with Gasteiger partial charge in [0.25, 0.3) is 0 Å². The SMILES string of the molecule is CCOC(C(=O)Cc1cc(Cl)ccc1F)C1CC1. The standard InChI is InChI=1S/C14H16ClFO2/c1-2-18-14(9-3-4-9)13(17)8-10-7-11(15)5-6-12(10)16/h5-7,9,14H,2-4,8H2,1H3. The van der Waals surface area contributed by atoms with Crippen molar-refractivity contribution in [2.45, 2.75) is 32.3 Å². The van der Waals surface area contributed by atoms with Crippen molar-refractivity contribution in [3.8, 4) is 0 Å². The molecule has 1 atom stereocenters. The molecule has 0 aromatic heterocycles. The van der Waals surface area contributed by atoms with Gasteiger partial charge in [0.1, 0.15) is 11.9 Å². The zero-order valence-corrected chi connectivity index (χ0v) is 11.0. The Morgan fingerprint density at radius 3 is 2.89 bits per heavy atom. The van der Waals surface area contributed by atoms with Crippen molar-refractivity contribution in [1.82, 2.24) is 0 Å². The number of ketones is 1. The molecule has 1 aliphatic rings. The highest BCUT2D eigenvalue weighted by atomic mass is 35.5. The summed E-state index contributed by atoms with van der Waals surface area (Å²) in [5.41, 5.74) is 0.345. The molecule has 0 N–H and O–H groups in total.